The van der Waals surface area contributed by atoms with Crippen LogP contribution in [0.2, 0.25) is 0 Å². The molecule has 0 aliphatic heterocycles. The monoisotopic (exact) mass is 530 g/mol. The van der Waals surface area contributed by atoms with Gasteiger partial charge in [-0.2, -0.15) is 0 Å². The molecule has 0 aromatic heterocycles. The van der Waals surface area contributed by atoms with Crippen LogP contribution in [0.25, 0.3) is 0 Å². The quantitative estimate of drug-likeness (QED) is 0.163. The van der Waals surface area contributed by atoms with Crippen molar-refractivity contribution in [2.75, 3.05) is 92.5 Å². The average Bonchev–Trinajstić information content (AvgIpc) is 2.90. The minimum Gasteiger partial charge on any atom is -0.478 e. The maximum absolute atomic E-state index is 12.6. The smallest absolute Gasteiger partial charge is 0.339 e. The second-order valence-electron chi connectivity index (χ2n) is 7.18. The Bertz CT molecular complexity index is 783. The van der Waals surface area contributed by atoms with Crippen LogP contribution in [0, 0.1) is 0 Å². The third-order valence-electron chi connectivity index (χ3n) is 4.52. The van der Waals surface area contributed by atoms with Gasteiger partial charge in [0.2, 0.25) is 0 Å². The fourth-order valence-electron chi connectivity index (χ4n) is 2.73. The number of carboxylic acids is 1. The Labute approximate surface area is 217 Å². The Kier molecular flexibility index (Phi) is 18.8. The molecule has 1 rings (SSSR count). The molecule has 0 saturated carbocycles. The Balaban J connectivity index is 2.42. The Morgan fingerprint density at radius 2 is 0.946 bits per heavy atom. The summed E-state index contributed by atoms with van der Waals surface area (Å²) in [5.74, 6) is -2.92. The fraction of sp³-hybridized carbons (Fsp3) is 0.640. The van der Waals surface area contributed by atoms with Crippen molar-refractivity contribution in [2.24, 2.45) is 0 Å². The summed E-state index contributed by atoms with van der Waals surface area (Å²) in [4.78, 5) is 36.4. The molecule has 0 saturated heterocycles. The lowest BCUT2D eigenvalue weighted by molar-refractivity contribution is 0.000635. The Morgan fingerprint density at radius 3 is 1.35 bits per heavy atom. The van der Waals surface area contributed by atoms with E-state index in [1.807, 2.05) is 13.8 Å². The molecule has 12 heteroatoms. The summed E-state index contributed by atoms with van der Waals surface area (Å²) in [6, 6.07) is 3.50. The van der Waals surface area contributed by atoms with Gasteiger partial charge in [0, 0.05) is 13.2 Å². The molecule has 1 aromatic carbocycles. The standard InChI is InChI=1S/C25H38O12/c1-3-30-7-9-32-11-13-34-15-17-36-24(28)21-6-5-20(23(26)27)19-22(21)25(29)37-18-16-35-14-12-33-10-8-31-4-2/h5-6,19H,3-4,7-18H2,1-2H3,(H,26,27). The zero-order valence-corrected chi connectivity index (χ0v) is 21.6. The van der Waals surface area contributed by atoms with Crippen molar-refractivity contribution in [1.29, 1.82) is 0 Å². The van der Waals surface area contributed by atoms with Crippen molar-refractivity contribution in [1.82, 2.24) is 0 Å². The number of carbonyl (C=O) groups is 3. The second kappa shape index (κ2) is 21.5. The molecule has 0 unspecified atom stereocenters. The highest BCUT2D eigenvalue weighted by molar-refractivity contribution is 6.05. The first-order valence-electron chi connectivity index (χ1n) is 12.2. The van der Waals surface area contributed by atoms with E-state index >= 15 is 0 Å². The summed E-state index contributed by atoms with van der Waals surface area (Å²) >= 11 is 0. The molecule has 0 bridgehead atoms. The van der Waals surface area contributed by atoms with Crippen LogP contribution in [0.1, 0.15) is 44.9 Å². The number of ether oxygens (including phenoxy) is 8. The second-order valence-corrected chi connectivity index (χ2v) is 7.18. The molecule has 0 radical (unpaired) electrons. The van der Waals surface area contributed by atoms with E-state index in [2.05, 4.69) is 0 Å². The third kappa shape index (κ3) is 15.3. The van der Waals surface area contributed by atoms with Crippen LogP contribution < -0.4 is 0 Å². The van der Waals surface area contributed by atoms with Gasteiger partial charge in [-0.25, -0.2) is 14.4 Å². The van der Waals surface area contributed by atoms with Crippen LogP contribution in [0.4, 0.5) is 0 Å². The summed E-state index contributed by atoms with van der Waals surface area (Å²) in [7, 11) is 0. The first-order chi connectivity index (χ1) is 18.0. The van der Waals surface area contributed by atoms with Crippen LogP contribution in [0.15, 0.2) is 18.2 Å². The van der Waals surface area contributed by atoms with Crippen molar-refractivity contribution < 1.29 is 57.4 Å². The number of rotatable bonds is 23. The number of hydrogen-bond donors (Lipinski definition) is 1. The number of carbonyl (C=O) groups excluding carboxylic acids is 2. The van der Waals surface area contributed by atoms with E-state index < -0.39 is 17.9 Å². The molecular formula is C25H38O12. The molecule has 0 aliphatic carbocycles. The van der Waals surface area contributed by atoms with Gasteiger partial charge >= 0.3 is 17.9 Å². The predicted octanol–water partition coefficient (Wildman–Crippen LogP) is 1.84. The summed E-state index contributed by atoms with van der Waals surface area (Å²) < 4.78 is 41.9. The molecule has 1 N–H and O–H groups in total. The van der Waals surface area contributed by atoms with Gasteiger partial charge in [0.15, 0.2) is 0 Å². The van der Waals surface area contributed by atoms with Crippen molar-refractivity contribution in [3.63, 3.8) is 0 Å². The van der Waals surface area contributed by atoms with Gasteiger partial charge in [-0.1, -0.05) is 0 Å². The predicted molar refractivity (Wildman–Crippen MR) is 130 cm³/mol. The van der Waals surface area contributed by atoms with Gasteiger partial charge in [-0.05, 0) is 32.0 Å². The van der Waals surface area contributed by atoms with Gasteiger partial charge in [-0.3, -0.25) is 0 Å². The molecule has 0 amide bonds. The van der Waals surface area contributed by atoms with E-state index in [0.717, 1.165) is 6.07 Å². The molecule has 0 atom stereocenters. The SMILES string of the molecule is CCOCCOCCOCCOC(=O)c1ccc(C(=O)O)cc1C(=O)OCCOCCOCCOCC. The van der Waals surface area contributed by atoms with Crippen molar-refractivity contribution in [2.45, 2.75) is 13.8 Å². The lowest BCUT2D eigenvalue weighted by atomic mass is 10.0. The molecule has 0 spiro atoms. The third-order valence-corrected chi connectivity index (χ3v) is 4.52. The van der Waals surface area contributed by atoms with E-state index in [1.54, 1.807) is 0 Å². The number of carboxylic acid groups (broad SMARTS) is 1. The molecule has 0 aliphatic rings. The maximum Gasteiger partial charge on any atom is 0.339 e. The largest absolute Gasteiger partial charge is 0.478 e. The van der Waals surface area contributed by atoms with Crippen molar-refractivity contribution >= 4 is 17.9 Å². The van der Waals surface area contributed by atoms with E-state index in [0.29, 0.717) is 66.1 Å². The fourth-order valence-corrected chi connectivity index (χ4v) is 2.73. The molecular weight excluding hydrogens is 492 g/mol. The van der Waals surface area contributed by atoms with Crippen molar-refractivity contribution in [3.05, 3.63) is 34.9 Å². The van der Waals surface area contributed by atoms with Crippen LogP contribution in [0.3, 0.4) is 0 Å². The lowest BCUT2D eigenvalue weighted by Gasteiger charge is -2.11. The first-order valence-corrected chi connectivity index (χ1v) is 12.2. The average molecular weight is 531 g/mol. The van der Waals surface area contributed by atoms with Crippen LogP contribution in [-0.4, -0.2) is 116 Å². The van der Waals surface area contributed by atoms with Gasteiger partial charge in [0.05, 0.1) is 82.8 Å². The zero-order chi connectivity index (χ0) is 27.1. The van der Waals surface area contributed by atoms with Gasteiger partial charge in [0.1, 0.15) is 13.2 Å². The minimum absolute atomic E-state index is 0.0621. The van der Waals surface area contributed by atoms with E-state index in [9.17, 15) is 19.5 Å². The van der Waals surface area contributed by atoms with Crippen molar-refractivity contribution in [3.8, 4) is 0 Å². The van der Waals surface area contributed by atoms with Gasteiger partial charge < -0.3 is 43.0 Å². The normalized spacial score (nSPS) is 10.9. The first kappa shape index (κ1) is 32.4. The van der Waals surface area contributed by atoms with Gasteiger partial charge in [-0.15, -0.1) is 0 Å². The topological polar surface area (TPSA) is 145 Å². The number of esters is 2. The molecule has 210 valence electrons. The molecule has 12 nitrogen and oxygen atoms in total. The summed E-state index contributed by atoms with van der Waals surface area (Å²) in [6.07, 6.45) is 0. The highest BCUT2D eigenvalue weighted by Crippen LogP contribution is 2.15. The molecule has 0 fully saturated rings. The Morgan fingerprint density at radius 1 is 0.568 bits per heavy atom. The van der Waals surface area contributed by atoms with Crippen LogP contribution in [-0.2, 0) is 37.9 Å². The van der Waals surface area contributed by atoms with Gasteiger partial charge in [0.25, 0.3) is 0 Å². The molecule has 37 heavy (non-hydrogen) atoms. The van der Waals surface area contributed by atoms with E-state index in [-0.39, 0.29) is 43.1 Å². The summed E-state index contributed by atoms with van der Waals surface area (Å²) in [6.45, 7) is 8.42. The maximum atomic E-state index is 12.6. The van der Waals surface area contributed by atoms with Crippen LogP contribution >= 0.6 is 0 Å². The van der Waals surface area contributed by atoms with Crippen LogP contribution in [0.5, 0.6) is 0 Å². The summed E-state index contributed by atoms with van der Waals surface area (Å²) in [5, 5.41) is 9.25. The highest BCUT2D eigenvalue weighted by Gasteiger charge is 2.22. The summed E-state index contributed by atoms with van der Waals surface area (Å²) in [5.41, 5.74) is -0.498. The number of benzene rings is 1. The van der Waals surface area contributed by atoms with E-state index in [1.165, 1.54) is 12.1 Å². The lowest BCUT2D eigenvalue weighted by Crippen LogP contribution is -2.19. The number of hydrogen-bond acceptors (Lipinski definition) is 11. The Hall–Kier alpha value is -2.61. The number of aromatic carboxylic acids is 1. The van der Waals surface area contributed by atoms with E-state index in [4.69, 9.17) is 37.9 Å². The molecule has 0 heterocycles. The molecule has 1 aromatic rings. The zero-order valence-electron chi connectivity index (χ0n) is 21.6. The minimum atomic E-state index is -1.25. The highest BCUT2D eigenvalue weighted by atomic mass is 16.6.